The number of benzene rings is 4. The van der Waals surface area contributed by atoms with E-state index in [1.54, 1.807) is 0 Å². The fraction of sp³-hybridized carbons (Fsp3) is 0.333. The van der Waals surface area contributed by atoms with Gasteiger partial charge in [0.15, 0.2) is 0 Å². The molecule has 0 aromatic heterocycles. The molecule has 0 spiro atoms. The molecule has 9 N–H and O–H groups in total. The molecule has 9 heteroatoms. The zero-order valence-electron chi connectivity index (χ0n) is 26.7. The van der Waals surface area contributed by atoms with Crippen molar-refractivity contribution in [2.75, 3.05) is 0 Å². The molecule has 48 heavy (non-hydrogen) atoms. The third-order valence-corrected chi connectivity index (χ3v) is 9.90. The topological polar surface area (TPSA) is 171 Å². The second kappa shape index (κ2) is 14.8. The quantitative estimate of drug-likeness (QED) is 0.124. The van der Waals surface area contributed by atoms with Crippen LogP contribution in [0.1, 0.15) is 70.4 Å². The third kappa shape index (κ3) is 7.21. The number of aliphatic hydroxyl groups is 3. The van der Waals surface area contributed by atoms with Gasteiger partial charge in [0.1, 0.15) is 0 Å². The van der Waals surface area contributed by atoms with Gasteiger partial charge < -0.3 is 37.4 Å². The van der Waals surface area contributed by atoms with Crippen LogP contribution in [0.4, 0.5) is 0 Å². The van der Waals surface area contributed by atoms with Crippen molar-refractivity contribution >= 4 is 11.8 Å². The molecular formula is C39H44N4O5. The standard InChI is InChI=1S/C39H44N4O5/c40-32-28-15-7-9-17-30(28)34(36(32)45)42-38(47)25(19-23-11-3-1-4-12-23)21-27(44)22-26(20-24-13-5-2-6-14-24)39(48)43-35-31-18-10-8-16-29(31)33(41)37(35)46/h1-18,25-27,32-37,44-46H,19-22,40-41H2,(H,42,47)(H,43,48)/t25-,26-,32-,33-,34+,35+,36-,37-/m1/s1. The molecule has 0 aliphatic heterocycles. The fourth-order valence-corrected chi connectivity index (χ4v) is 7.33. The summed E-state index contributed by atoms with van der Waals surface area (Å²) in [7, 11) is 0. The Labute approximate surface area is 281 Å². The van der Waals surface area contributed by atoms with Gasteiger partial charge in [-0.15, -0.1) is 0 Å². The first-order valence-corrected chi connectivity index (χ1v) is 16.6. The van der Waals surface area contributed by atoms with Crippen molar-refractivity contribution in [1.82, 2.24) is 10.6 Å². The Balaban J connectivity index is 1.20. The lowest BCUT2D eigenvalue weighted by Gasteiger charge is -2.27. The molecule has 250 valence electrons. The van der Waals surface area contributed by atoms with Crippen LogP contribution < -0.4 is 22.1 Å². The van der Waals surface area contributed by atoms with E-state index in [4.69, 9.17) is 11.5 Å². The minimum atomic E-state index is -1.00. The number of carbonyl (C=O) groups is 2. The molecule has 6 rings (SSSR count). The fourth-order valence-electron chi connectivity index (χ4n) is 7.33. The number of fused-ring (bicyclic) bond motifs is 2. The van der Waals surface area contributed by atoms with Crippen LogP contribution in [0.25, 0.3) is 0 Å². The first-order chi connectivity index (χ1) is 23.2. The van der Waals surface area contributed by atoms with Crippen LogP contribution in [-0.2, 0) is 22.4 Å². The van der Waals surface area contributed by atoms with Crippen LogP contribution in [0.5, 0.6) is 0 Å². The highest BCUT2D eigenvalue weighted by molar-refractivity contribution is 5.81. The summed E-state index contributed by atoms with van der Waals surface area (Å²) < 4.78 is 0. The van der Waals surface area contributed by atoms with Crippen molar-refractivity contribution in [3.8, 4) is 0 Å². The number of rotatable bonds is 12. The van der Waals surface area contributed by atoms with Gasteiger partial charge in [0.2, 0.25) is 11.8 Å². The predicted octanol–water partition coefficient (Wildman–Crippen LogP) is 3.31. The van der Waals surface area contributed by atoms with Gasteiger partial charge in [0.25, 0.3) is 0 Å². The second-order valence-electron chi connectivity index (χ2n) is 13.2. The van der Waals surface area contributed by atoms with E-state index in [1.165, 1.54) is 0 Å². The molecule has 4 aromatic carbocycles. The molecule has 0 fully saturated rings. The highest BCUT2D eigenvalue weighted by Gasteiger charge is 2.41. The maximum Gasteiger partial charge on any atom is 0.224 e. The Morgan fingerprint density at radius 1 is 0.562 bits per heavy atom. The van der Waals surface area contributed by atoms with Gasteiger partial charge in [-0.1, -0.05) is 109 Å². The number of nitrogens with one attached hydrogen (secondary N) is 2. The zero-order valence-corrected chi connectivity index (χ0v) is 26.7. The van der Waals surface area contributed by atoms with E-state index in [0.29, 0.717) is 12.8 Å². The molecule has 2 amide bonds. The molecule has 2 aliphatic carbocycles. The molecule has 9 nitrogen and oxygen atoms in total. The van der Waals surface area contributed by atoms with E-state index in [9.17, 15) is 24.9 Å². The molecule has 0 saturated heterocycles. The monoisotopic (exact) mass is 648 g/mol. The summed E-state index contributed by atoms with van der Waals surface area (Å²) in [6.45, 7) is 0. The normalized spacial score (nSPS) is 24.0. The van der Waals surface area contributed by atoms with Crippen molar-refractivity contribution in [3.63, 3.8) is 0 Å². The average Bonchev–Trinajstić information content (AvgIpc) is 3.49. The maximum atomic E-state index is 13.9. The minimum absolute atomic E-state index is 0.0928. The van der Waals surface area contributed by atoms with Crippen molar-refractivity contribution in [2.24, 2.45) is 23.3 Å². The number of nitrogens with two attached hydrogens (primary N) is 2. The Morgan fingerprint density at radius 3 is 1.27 bits per heavy atom. The molecule has 0 heterocycles. The molecule has 2 aliphatic rings. The molecule has 4 aromatic rings. The van der Waals surface area contributed by atoms with Crippen LogP contribution in [0.2, 0.25) is 0 Å². The summed E-state index contributed by atoms with van der Waals surface area (Å²) in [4.78, 5) is 27.9. The van der Waals surface area contributed by atoms with Crippen LogP contribution >= 0.6 is 0 Å². The van der Waals surface area contributed by atoms with Crippen LogP contribution in [0.15, 0.2) is 109 Å². The minimum Gasteiger partial charge on any atom is -0.393 e. The van der Waals surface area contributed by atoms with Gasteiger partial charge in [0, 0.05) is 11.8 Å². The van der Waals surface area contributed by atoms with Gasteiger partial charge in [-0.2, -0.15) is 0 Å². The number of hydrogen-bond donors (Lipinski definition) is 7. The summed E-state index contributed by atoms with van der Waals surface area (Å²) in [5, 5.41) is 39.5. The smallest absolute Gasteiger partial charge is 0.224 e. The molecule has 8 atom stereocenters. The zero-order chi connectivity index (χ0) is 33.8. The molecular weight excluding hydrogens is 604 g/mol. The largest absolute Gasteiger partial charge is 0.393 e. The Bertz CT molecular complexity index is 1580. The highest BCUT2D eigenvalue weighted by atomic mass is 16.3. The highest BCUT2D eigenvalue weighted by Crippen LogP contribution is 2.39. The van der Waals surface area contributed by atoms with Gasteiger partial charge in [-0.3, -0.25) is 9.59 Å². The van der Waals surface area contributed by atoms with E-state index in [0.717, 1.165) is 33.4 Å². The van der Waals surface area contributed by atoms with Crippen LogP contribution in [0.3, 0.4) is 0 Å². The number of carbonyl (C=O) groups excluding carboxylic acids is 2. The van der Waals surface area contributed by atoms with Crippen molar-refractivity contribution in [3.05, 3.63) is 143 Å². The van der Waals surface area contributed by atoms with Crippen LogP contribution in [-0.4, -0.2) is 45.4 Å². The number of amides is 2. The summed E-state index contributed by atoms with van der Waals surface area (Å²) in [5.41, 5.74) is 17.6. The Kier molecular flexibility index (Phi) is 10.3. The lowest BCUT2D eigenvalue weighted by molar-refractivity contribution is -0.128. The second-order valence-corrected chi connectivity index (χ2v) is 13.2. The summed E-state index contributed by atoms with van der Waals surface area (Å²) >= 11 is 0. The molecule has 0 unspecified atom stereocenters. The van der Waals surface area contributed by atoms with Gasteiger partial charge in [0.05, 0.1) is 42.5 Å². The molecule has 0 radical (unpaired) electrons. The van der Waals surface area contributed by atoms with Gasteiger partial charge >= 0.3 is 0 Å². The van der Waals surface area contributed by atoms with Crippen molar-refractivity contribution in [2.45, 2.75) is 68.2 Å². The Hall–Kier alpha value is -4.38. The lowest BCUT2D eigenvalue weighted by atomic mass is 9.86. The van der Waals surface area contributed by atoms with Crippen molar-refractivity contribution < 1.29 is 24.9 Å². The Morgan fingerprint density at radius 2 is 0.896 bits per heavy atom. The molecule has 0 bridgehead atoms. The van der Waals surface area contributed by atoms with E-state index in [-0.39, 0.29) is 24.7 Å². The van der Waals surface area contributed by atoms with Crippen molar-refractivity contribution in [1.29, 1.82) is 0 Å². The lowest BCUT2D eigenvalue weighted by Crippen LogP contribution is -2.42. The maximum absolute atomic E-state index is 13.9. The first-order valence-electron chi connectivity index (χ1n) is 16.6. The van der Waals surface area contributed by atoms with Gasteiger partial charge in [-0.25, -0.2) is 0 Å². The molecule has 0 saturated carbocycles. The number of aliphatic hydroxyl groups excluding tert-OH is 3. The predicted molar refractivity (Wildman–Crippen MR) is 183 cm³/mol. The van der Waals surface area contributed by atoms with Gasteiger partial charge in [-0.05, 0) is 59.1 Å². The van der Waals surface area contributed by atoms with E-state index in [2.05, 4.69) is 10.6 Å². The summed E-state index contributed by atoms with van der Waals surface area (Å²) in [6.07, 6.45) is -2.08. The van der Waals surface area contributed by atoms with E-state index >= 15 is 0 Å². The average molecular weight is 649 g/mol. The van der Waals surface area contributed by atoms with Crippen LogP contribution in [0, 0.1) is 11.8 Å². The van der Waals surface area contributed by atoms with E-state index in [1.807, 2.05) is 109 Å². The first kappa shape index (κ1) is 33.5. The summed E-state index contributed by atoms with van der Waals surface area (Å²) in [5.74, 6) is -1.93. The third-order valence-electron chi connectivity index (χ3n) is 9.90. The SMILES string of the molecule is N[C@@H]1c2ccccc2[C@H](NC(=O)[C@H](Cc2ccccc2)CC(O)C[C@@H](Cc2ccccc2)C(=O)N[C@H]2c3ccccc3[C@@H](N)[C@H]2O)[C@@H]1O. The number of hydrogen-bond acceptors (Lipinski definition) is 7. The van der Waals surface area contributed by atoms with E-state index < -0.39 is 54.3 Å². The summed E-state index contributed by atoms with van der Waals surface area (Å²) in [6, 6.07) is 31.4.